The Morgan fingerprint density at radius 2 is 1.49 bits per heavy atom. The van der Waals surface area contributed by atoms with Crippen LogP contribution < -0.4 is 14.5 Å². The summed E-state index contributed by atoms with van der Waals surface area (Å²) in [5.41, 5.74) is 5.59. The van der Waals surface area contributed by atoms with Gasteiger partial charge in [-0.15, -0.1) is 0 Å². The molecule has 6 heteroatoms. The summed E-state index contributed by atoms with van der Waals surface area (Å²) >= 11 is 0. The topological polar surface area (TPSA) is 48.4 Å². The number of benzene rings is 3. The monoisotopic (exact) mass is 468 g/mol. The van der Waals surface area contributed by atoms with Gasteiger partial charge in [0.15, 0.2) is 0 Å². The van der Waals surface area contributed by atoms with Gasteiger partial charge in [-0.3, -0.25) is 4.79 Å². The molecule has 5 rings (SSSR count). The van der Waals surface area contributed by atoms with Crippen molar-refractivity contribution < 1.29 is 9.53 Å². The number of ether oxygens (including phenoxy) is 1. The zero-order valence-electron chi connectivity index (χ0n) is 20.6. The minimum absolute atomic E-state index is 0.0460. The van der Waals surface area contributed by atoms with Crippen LogP contribution in [0, 0.1) is 13.8 Å². The van der Waals surface area contributed by atoms with Crippen LogP contribution in [0.5, 0.6) is 5.75 Å². The molecular formula is C29H32N4O2. The number of hydrogen-bond donors (Lipinski definition) is 0. The summed E-state index contributed by atoms with van der Waals surface area (Å²) < 4.78 is 5.29. The molecule has 2 heterocycles. The maximum Gasteiger partial charge on any atom is 0.259 e. The fraction of sp³-hybridized carbons (Fsp3) is 0.310. The van der Waals surface area contributed by atoms with E-state index in [0.717, 1.165) is 49.1 Å². The van der Waals surface area contributed by atoms with Gasteiger partial charge < -0.3 is 14.5 Å². The molecule has 0 N–H and O–H groups in total. The van der Waals surface area contributed by atoms with Crippen LogP contribution in [0.2, 0.25) is 0 Å². The van der Waals surface area contributed by atoms with Crippen LogP contribution in [0.3, 0.4) is 0 Å². The molecule has 0 spiro atoms. The zero-order valence-corrected chi connectivity index (χ0v) is 20.6. The summed E-state index contributed by atoms with van der Waals surface area (Å²) in [7, 11) is 1.68. The van der Waals surface area contributed by atoms with Crippen molar-refractivity contribution in [2.75, 3.05) is 43.1 Å². The Bertz CT molecular complexity index is 1220. The van der Waals surface area contributed by atoms with Crippen molar-refractivity contribution in [1.29, 1.82) is 0 Å². The molecule has 2 aliphatic rings. The third kappa shape index (κ3) is 4.74. The van der Waals surface area contributed by atoms with Crippen LogP contribution in [0.15, 0.2) is 77.8 Å². The molecule has 1 amide bonds. The molecule has 0 aliphatic carbocycles. The van der Waals surface area contributed by atoms with Gasteiger partial charge in [0, 0.05) is 38.3 Å². The minimum Gasteiger partial charge on any atom is -0.497 e. The van der Waals surface area contributed by atoms with Crippen molar-refractivity contribution in [1.82, 2.24) is 4.90 Å². The summed E-state index contributed by atoms with van der Waals surface area (Å²) in [6.45, 7) is 7.52. The van der Waals surface area contributed by atoms with Gasteiger partial charge in [-0.05, 0) is 66.9 Å². The summed E-state index contributed by atoms with van der Waals surface area (Å²) in [5.74, 6) is 1.68. The van der Waals surface area contributed by atoms with E-state index >= 15 is 0 Å². The molecular weight excluding hydrogens is 436 g/mol. The lowest BCUT2D eigenvalue weighted by molar-refractivity contribution is -0.118. The number of nitrogens with zero attached hydrogens (tertiary/aromatic N) is 4. The van der Waals surface area contributed by atoms with Crippen LogP contribution in [0.4, 0.5) is 11.4 Å². The average molecular weight is 469 g/mol. The third-order valence-electron chi connectivity index (χ3n) is 7.00. The highest BCUT2D eigenvalue weighted by Gasteiger charge is 2.39. The molecule has 35 heavy (non-hydrogen) atoms. The van der Waals surface area contributed by atoms with Crippen molar-refractivity contribution in [3.63, 3.8) is 0 Å². The van der Waals surface area contributed by atoms with Crippen LogP contribution in [-0.4, -0.2) is 56.1 Å². The highest BCUT2D eigenvalue weighted by Crippen LogP contribution is 2.28. The van der Waals surface area contributed by atoms with E-state index in [9.17, 15) is 4.79 Å². The molecule has 6 nitrogen and oxygen atoms in total. The first-order valence-corrected chi connectivity index (χ1v) is 12.2. The van der Waals surface area contributed by atoms with Gasteiger partial charge in [0.25, 0.3) is 5.91 Å². The third-order valence-corrected chi connectivity index (χ3v) is 7.00. The number of aliphatic imine (C=N–C) groups is 1. The molecule has 1 unspecified atom stereocenters. The van der Waals surface area contributed by atoms with Crippen molar-refractivity contribution in [3.05, 3.63) is 89.5 Å². The Kier molecular flexibility index (Phi) is 6.45. The Balaban J connectivity index is 1.38. The summed E-state index contributed by atoms with van der Waals surface area (Å²) in [6.07, 6.45) is 0.607. The Hall–Kier alpha value is -3.80. The van der Waals surface area contributed by atoms with Gasteiger partial charge in [0.1, 0.15) is 11.8 Å². The second-order valence-electron chi connectivity index (χ2n) is 9.25. The highest BCUT2D eigenvalue weighted by atomic mass is 16.5. The number of aryl methyl sites for hydroxylation is 2. The lowest BCUT2D eigenvalue weighted by Crippen LogP contribution is -2.53. The predicted molar refractivity (Wildman–Crippen MR) is 142 cm³/mol. The van der Waals surface area contributed by atoms with Crippen LogP contribution in [0.25, 0.3) is 0 Å². The van der Waals surface area contributed by atoms with Crippen molar-refractivity contribution in [3.8, 4) is 5.75 Å². The molecule has 1 saturated heterocycles. The van der Waals surface area contributed by atoms with Gasteiger partial charge in [0.2, 0.25) is 5.96 Å². The fourth-order valence-corrected chi connectivity index (χ4v) is 4.76. The Morgan fingerprint density at radius 1 is 0.829 bits per heavy atom. The maximum absolute atomic E-state index is 13.7. The van der Waals surface area contributed by atoms with E-state index in [4.69, 9.17) is 9.73 Å². The molecule has 3 aromatic rings. The van der Waals surface area contributed by atoms with E-state index < -0.39 is 6.04 Å². The van der Waals surface area contributed by atoms with Crippen LogP contribution in [-0.2, 0) is 11.2 Å². The number of methoxy groups -OCH3 is 1. The zero-order chi connectivity index (χ0) is 24.4. The minimum atomic E-state index is -0.409. The van der Waals surface area contributed by atoms with Gasteiger partial charge >= 0.3 is 0 Å². The van der Waals surface area contributed by atoms with Crippen LogP contribution >= 0.6 is 0 Å². The number of amides is 1. The van der Waals surface area contributed by atoms with E-state index in [0.29, 0.717) is 6.42 Å². The van der Waals surface area contributed by atoms with E-state index in [1.807, 2.05) is 41.3 Å². The summed E-state index contributed by atoms with van der Waals surface area (Å²) in [5, 5.41) is 0. The predicted octanol–water partition coefficient (Wildman–Crippen LogP) is 4.45. The van der Waals surface area contributed by atoms with Gasteiger partial charge in [0.05, 0.1) is 12.8 Å². The second kappa shape index (κ2) is 9.82. The van der Waals surface area contributed by atoms with Gasteiger partial charge in [-0.1, -0.05) is 36.4 Å². The Labute approximate surface area is 207 Å². The number of rotatable bonds is 5. The standard InChI is InChI=1S/C29H32N4O2/c1-21-9-10-25(19-22(21)2)33-28(34)27(20-23-7-5-4-6-8-23)30-29(33)32-17-15-31(16-18-32)24-11-13-26(35-3)14-12-24/h4-14,19,27H,15-18,20H2,1-3H3. The molecule has 180 valence electrons. The van der Waals surface area contributed by atoms with E-state index in [1.165, 1.54) is 16.8 Å². The number of hydrogen-bond acceptors (Lipinski definition) is 5. The first-order valence-electron chi connectivity index (χ1n) is 12.2. The Morgan fingerprint density at radius 3 is 2.14 bits per heavy atom. The molecule has 0 bridgehead atoms. The molecule has 2 aliphatic heterocycles. The molecule has 3 aromatic carbocycles. The summed E-state index contributed by atoms with van der Waals surface area (Å²) in [6, 6.07) is 24.2. The van der Waals surface area contributed by atoms with E-state index in [-0.39, 0.29) is 5.91 Å². The highest BCUT2D eigenvalue weighted by molar-refractivity contribution is 6.22. The number of guanidine groups is 1. The number of piperazine rings is 1. The SMILES string of the molecule is COc1ccc(N2CCN(C3=NC(Cc4ccccc4)C(=O)N3c3ccc(C)c(C)c3)CC2)cc1. The molecule has 0 radical (unpaired) electrons. The smallest absolute Gasteiger partial charge is 0.259 e. The van der Waals surface area contributed by atoms with Crippen molar-refractivity contribution in [2.45, 2.75) is 26.3 Å². The molecule has 0 aromatic heterocycles. The first kappa shape index (κ1) is 23.0. The van der Waals surface area contributed by atoms with E-state index in [1.54, 1.807) is 7.11 Å². The lowest BCUT2D eigenvalue weighted by Gasteiger charge is -2.38. The lowest BCUT2D eigenvalue weighted by atomic mass is 10.1. The maximum atomic E-state index is 13.7. The number of carbonyl (C=O) groups excluding carboxylic acids is 1. The molecule has 1 atom stereocenters. The van der Waals surface area contributed by atoms with Gasteiger partial charge in [-0.2, -0.15) is 0 Å². The van der Waals surface area contributed by atoms with Gasteiger partial charge in [-0.25, -0.2) is 9.89 Å². The van der Waals surface area contributed by atoms with Crippen LogP contribution in [0.1, 0.15) is 16.7 Å². The normalized spacial score (nSPS) is 18.1. The average Bonchev–Trinajstić information content (AvgIpc) is 3.22. The molecule has 0 saturated carbocycles. The first-order chi connectivity index (χ1) is 17.0. The summed E-state index contributed by atoms with van der Waals surface area (Å²) in [4.78, 5) is 25.1. The number of carbonyl (C=O) groups is 1. The van der Waals surface area contributed by atoms with Crippen molar-refractivity contribution in [2.24, 2.45) is 4.99 Å². The largest absolute Gasteiger partial charge is 0.497 e. The quantitative estimate of drug-likeness (QED) is 0.555. The fourth-order valence-electron chi connectivity index (χ4n) is 4.76. The van der Waals surface area contributed by atoms with E-state index in [2.05, 4.69) is 60.0 Å². The molecule has 1 fully saturated rings. The van der Waals surface area contributed by atoms with Crippen molar-refractivity contribution >= 4 is 23.2 Å². The second-order valence-corrected chi connectivity index (χ2v) is 9.25. The number of anilines is 2.